The Morgan fingerprint density at radius 2 is 2.10 bits per heavy atom. The van der Waals surface area contributed by atoms with Crippen molar-refractivity contribution in [2.24, 2.45) is 12.5 Å². The highest BCUT2D eigenvalue weighted by atomic mass is 16.4. The Bertz CT molecular complexity index is 506. The summed E-state index contributed by atoms with van der Waals surface area (Å²) < 4.78 is 1.76. The van der Waals surface area contributed by atoms with E-state index in [1.165, 1.54) is 0 Å². The molecule has 0 aliphatic heterocycles. The van der Waals surface area contributed by atoms with E-state index in [1.807, 2.05) is 13.1 Å². The van der Waals surface area contributed by atoms with Crippen LogP contribution in [0, 0.1) is 5.41 Å². The predicted molar refractivity (Wildman–Crippen MR) is 76.9 cm³/mol. The highest BCUT2D eigenvalue weighted by molar-refractivity contribution is 5.78. The van der Waals surface area contributed by atoms with E-state index in [1.54, 1.807) is 10.9 Å². The monoisotopic (exact) mass is 294 g/mol. The van der Waals surface area contributed by atoms with Crippen LogP contribution >= 0.6 is 0 Å². The van der Waals surface area contributed by atoms with Crippen molar-refractivity contribution in [3.05, 3.63) is 18.0 Å². The third kappa shape index (κ3) is 3.74. The number of carbonyl (C=O) groups is 2. The van der Waals surface area contributed by atoms with Crippen molar-refractivity contribution in [3.63, 3.8) is 0 Å². The minimum absolute atomic E-state index is 0.194. The molecular formula is C14H22N4O3. The summed E-state index contributed by atoms with van der Waals surface area (Å²) in [5.41, 5.74) is 0.257. The van der Waals surface area contributed by atoms with Gasteiger partial charge in [0, 0.05) is 38.4 Å². The second-order valence-electron chi connectivity index (χ2n) is 5.60. The molecule has 1 saturated carbocycles. The Hall–Kier alpha value is -2.05. The second-order valence-corrected chi connectivity index (χ2v) is 5.60. The van der Waals surface area contributed by atoms with Crippen molar-refractivity contribution in [3.8, 4) is 0 Å². The number of hydrogen-bond donors (Lipinski definition) is 3. The molecule has 0 aromatic carbocycles. The number of aryl methyl sites for hydroxylation is 1. The van der Waals surface area contributed by atoms with Crippen LogP contribution in [-0.2, 0) is 18.3 Å². The minimum Gasteiger partial charge on any atom is -0.481 e. The first kappa shape index (κ1) is 15.3. The molecule has 0 spiro atoms. The quantitative estimate of drug-likeness (QED) is 0.726. The maximum Gasteiger partial charge on any atom is 0.314 e. The summed E-state index contributed by atoms with van der Waals surface area (Å²) in [5, 5.41) is 18.8. The maximum absolute atomic E-state index is 11.7. The van der Waals surface area contributed by atoms with Crippen LogP contribution in [0.3, 0.4) is 0 Å². The van der Waals surface area contributed by atoms with Crippen molar-refractivity contribution in [1.82, 2.24) is 20.4 Å². The Labute approximate surface area is 123 Å². The normalized spacial score (nSPS) is 16.6. The summed E-state index contributed by atoms with van der Waals surface area (Å²) in [5.74, 6) is -0.810. The molecule has 1 aliphatic carbocycles. The Morgan fingerprint density at radius 1 is 1.38 bits per heavy atom. The van der Waals surface area contributed by atoms with Gasteiger partial charge < -0.3 is 15.7 Å². The van der Waals surface area contributed by atoms with E-state index < -0.39 is 11.4 Å². The molecule has 0 radical (unpaired) electrons. The van der Waals surface area contributed by atoms with E-state index in [0.717, 1.165) is 18.5 Å². The lowest BCUT2D eigenvalue weighted by Gasteiger charge is -2.24. The van der Waals surface area contributed by atoms with Gasteiger partial charge in [-0.2, -0.15) is 5.10 Å². The molecule has 1 heterocycles. The van der Waals surface area contributed by atoms with E-state index >= 15 is 0 Å². The number of aliphatic carboxylic acids is 1. The van der Waals surface area contributed by atoms with Crippen molar-refractivity contribution in [2.75, 3.05) is 13.1 Å². The van der Waals surface area contributed by atoms with Gasteiger partial charge in [0.05, 0.1) is 5.41 Å². The van der Waals surface area contributed by atoms with Gasteiger partial charge >= 0.3 is 12.0 Å². The number of nitrogens with one attached hydrogen (secondary N) is 2. The minimum atomic E-state index is -0.810. The van der Waals surface area contributed by atoms with Gasteiger partial charge in [0.15, 0.2) is 0 Å². The number of rotatable bonds is 6. The number of urea groups is 1. The number of carboxylic acid groups (broad SMARTS) is 1. The molecule has 1 fully saturated rings. The van der Waals surface area contributed by atoms with Crippen molar-refractivity contribution < 1.29 is 14.7 Å². The number of nitrogens with zero attached hydrogens (tertiary/aromatic N) is 2. The van der Waals surface area contributed by atoms with Crippen molar-refractivity contribution >= 4 is 12.0 Å². The number of amides is 2. The molecule has 0 bridgehead atoms. The maximum atomic E-state index is 11.7. The van der Waals surface area contributed by atoms with E-state index in [9.17, 15) is 14.7 Å². The van der Waals surface area contributed by atoms with E-state index in [-0.39, 0.29) is 12.6 Å². The molecule has 0 unspecified atom stereocenters. The SMILES string of the molecule is Cn1nccc1CCNC(=O)NCC1(C(=O)O)CCCC1. The fraction of sp³-hybridized carbons (Fsp3) is 0.643. The molecule has 0 atom stereocenters. The number of hydrogen-bond acceptors (Lipinski definition) is 3. The summed E-state index contributed by atoms with van der Waals surface area (Å²) in [6, 6.07) is 1.59. The van der Waals surface area contributed by atoms with Crippen molar-refractivity contribution in [1.29, 1.82) is 0 Å². The summed E-state index contributed by atoms with van der Waals surface area (Å²) in [6.07, 6.45) is 5.50. The van der Waals surface area contributed by atoms with Gasteiger partial charge in [0.25, 0.3) is 0 Å². The van der Waals surface area contributed by atoms with Gasteiger partial charge in [0.2, 0.25) is 0 Å². The van der Waals surface area contributed by atoms with Crippen LogP contribution in [-0.4, -0.2) is 40.0 Å². The third-order valence-corrected chi connectivity index (χ3v) is 4.19. The van der Waals surface area contributed by atoms with Crippen LogP contribution < -0.4 is 10.6 Å². The molecule has 2 amide bonds. The average molecular weight is 294 g/mol. The fourth-order valence-corrected chi connectivity index (χ4v) is 2.78. The van der Waals surface area contributed by atoms with E-state index in [4.69, 9.17) is 0 Å². The zero-order valence-corrected chi connectivity index (χ0v) is 12.3. The highest BCUT2D eigenvalue weighted by Gasteiger charge is 2.41. The summed E-state index contributed by atoms with van der Waals surface area (Å²) in [7, 11) is 1.85. The van der Waals surface area contributed by atoms with Gasteiger partial charge in [-0.1, -0.05) is 12.8 Å². The topological polar surface area (TPSA) is 96.3 Å². The number of aromatic nitrogens is 2. The summed E-state index contributed by atoms with van der Waals surface area (Å²) in [6.45, 7) is 0.686. The molecular weight excluding hydrogens is 272 g/mol. The third-order valence-electron chi connectivity index (χ3n) is 4.19. The van der Waals surface area contributed by atoms with E-state index in [0.29, 0.717) is 25.8 Å². The molecule has 116 valence electrons. The van der Waals surface area contributed by atoms with Gasteiger partial charge in [-0.3, -0.25) is 9.48 Å². The number of carboxylic acids is 1. The zero-order chi connectivity index (χ0) is 15.3. The molecule has 0 saturated heterocycles. The van der Waals surface area contributed by atoms with Crippen LogP contribution in [0.5, 0.6) is 0 Å². The van der Waals surface area contributed by atoms with Crippen LogP contribution in [0.2, 0.25) is 0 Å². The summed E-state index contributed by atoms with van der Waals surface area (Å²) >= 11 is 0. The lowest BCUT2D eigenvalue weighted by molar-refractivity contribution is -0.148. The molecule has 7 heteroatoms. The molecule has 1 aromatic heterocycles. The van der Waals surface area contributed by atoms with Gasteiger partial charge in [-0.05, 0) is 18.9 Å². The lowest BCUT2D eigenvalue weighted by Crippen LogP contribution is -2.45. The largest absolute Gasteiger partial charge is 0.481 e. The van der Waals surface area contributed by atoms with Crippen molar-refractivity contribution in [2.45, 2.75) is 32.1 Å². The van der Waals surface area contributed by atoms with Crippen LogP contribution in [0.4, 0.5) is 4.79 Å². The average Bonchev–Trinajstić information content (AvgIpc) is 3.07. The van der Waals surface area contributed by atoms with Gasteiger partial charge in [-0.25, -0.2) is 4.79 Å². The van der Waals surface area contributed by atoms with Gasteiger partial charge in [0.1, 0.15) is 0 Å². The predicted octanol–water partition coefficient (Wildman–Crippen LogP) is 0.907. The van der Waals surface area contributed by atoms with Crippen LogP contribution in [0.1, 0.15) is 31.4 Å². The van der Waals surface area contributed by atoms with Crippen LogP contribution in [0.25, 0.3) is 0 Å². The smallest absolute Gasteiger partial charge is 0.314 e. The standard InChI is InChI=1S/C14H22N4O3/c1-18-11(5-9-17-18)4-8-15-13(21)16-10-14(12(19)20)6-2-3-7-14/h5,9H,2-4,6-8,10H2,1H3,(H,19,20)(H2,15,16,21). The second kappa shape index (κ2) is 6.60. The summed E-state index contributed by atoms with van der Waals surface area (Å²) in [4.78, 5) is 23.1. The Morgan fingerprint density at radius 3 is 2.67 bits per heavy atom. The highest BCUT2D eigenvalue weighted by Crippen LogP contribution is 2.37. The molecule has 3 N–H and O–H groups in total. The Balaban J connectivity index is 1.72. The lowest BCUT2D eigenvalue weighted by atomic mass is 9.86. The van der Waals surface area contributed by atoms with E-state index in [2.05, 4.69) is 15.7 Å². The first-order valence-electron chi connectivity index (χ1n) is 7.25. The molecule has 2 rings (SSSR count). The van der Waals surface area contributed by atoms with Crippen LogP contribution in [0.15, 0.2) is 12.3 Å². The fourth-order valence-electron chi connectivity index (χ4n) is 2.78. The first-order chi connectivity index (χ1) is 10.0. The first-order valence-corrected chi connectivity index (χ1v) is 7.25. The zero-order valence-electron chi connectivity index (χ0n) is 12.3. The molecule has 7 nitrogen and oxygen atoms in total. The molecule has 1 aliphatic rings. The molecule has 1 aromatic rings. The molecule has 21 heavy (non-hydrogen) atoms. The van der Waals surface area contributed by atoms with Gasteiger partial charge in [-0.15, -0.1) is 0 Å². The number of carbonyl (C=O) groups excluding carboxylic acids is 1. The Kier molecular flexibility index (Phi) is 4.82.